The van der Waals surface area contributed by atoms with Crippen molar-refractivity contribution >= 4 is 17.3 Å². The molecule has 0 aliphatic heterocycles. The number of hydrogen-bond acceptors (Lipinski definition) is 3. The van der Waals surface area contributed by atoms with Crippen LogP contribution in [0.1, 0.15) is 62.6 Å². The maximum Gasteiger partial charge on any atom is 0.188 e. The number of guanidine groups is 1. The summed E-state index contributed by atoms with van der Waals surface area (Å²) in [5.41, 5.74) is 6.96. The maximum atomic E-state index is 5.85. The number of hydrogen-bond donors (Lipinski definition) is 2. The van der Waals surface area contributed by atoms with Crippen LogP contribution >= 0.6 is 11.3 Å². The highest BCUT2D eigenvalue weighted by atomic mass is 32.1. The Morgan fingerprint density at radius 3 is 2.71 bits per heavy atom. The molecule has 0 unspecified atom stereocenters. The van der Waals surface area contributed by atoms with Crippen molar-refractivity contribution in [3.63, 3.8) is 0 Å². The summed E-state index contributed by atoms with van der Waals surface area (Å²) in [5.74, 6) is 0.582. The molecule has 0 radical (unpaired) electrons. The van der Waals surface area contributed by atoms with E-state index in [1.54, 1.807) is 11.3 Å². The summed E-state index contributed by atoms with van der Waals surface area (Å²) in [6.07, 6.45) is 9.81. The summed E-state index contributed by atoms with van der Waals surface area (Å²) in [7, 11) is 0. The minimum Gasteiger partial charge on any atom is -0.370 e. The second kappa shape index (κ2) is 11.5. The molecule has 0 aliphatic rings. The number of thiazole rings is 1. The van der Waals surface area contributed by atoms with E-state index in [0.717, 1.165) is 31.6 Å². The molecule has 0 spiro atoms. The quantitative estimate of drug-likeness (QED) is 0.372. The molecule has 0 aliphatic carbocycles. The highest BCUT2D eigenvalue weighted by molar-refractivity contribution is 7.09. The molecule has 3 N–H and O–H groups in total. The third-order valence-electron chi connectivity index (χ3n) is 3.33. The van der Waals surface area contributed by atoms with Gasteiger partial charge in [-0.3, -0.25) is 4.99 Å². The van der Waals surface area contributed by atoms with Gasteiger partial charge in [-0.25, -0.2) is 4.98 Å². The van der Waals surface area contributed by atoms with Gasteiger partial charge in [0.15, 0.2) is 5.96 Å². The number of unbranched alkanes of at least 4 members (excludes halogenated alkanes) is 5. The van der Waals surface area contributed by atoms with Crippen molar-refractivity contribution in [3.8, 4) is 0 Å². The Balaban J connectivity index is 1.97. The summed E-state index contributed by atoms with van der Waals surface area (Å²) in [6.45, 7) is 5.98. The van der Waals surface area contributed by atoms with Gasteiger partial charge in [0.05, 0.1) is 5.01 Å². The fourth-order valence-electron chi connectivity index (χ4n) is 2.13. The van der Waals surface area contributed by atoms with E-state index in [-0.39, 0.29) is 0 Å². The fourth-order valence-corrected chi connectivity index (χ4v) is 2.94. The van der Waals surface area contributed by atoms with Crippen molar-refractivity contribution in [2.75, 3.05) is 13.1 Å². The fraction of sp³-hybridized carbons (Fsp3) is 0.750. The molecule has 0 saturated heterocycles. The number of nitrogens with one attached hydrogen (secondary N) is 1. The number of rotatable bonds is 11. The maximum absolute atomic E-state index is 5.85. The number of nitrogens with two attached hydrogens (primary N) is 1. The monoisotopic (exact) mass is 310 g/mol. The SMILES string of the molecule is CCCCCCCCNC(N)=NCCCc1nc(C)cs1. The summed E-state index contributed by atoms with van der Waals surface area (Å²) in [5, 5.41) is 6.48. The molecular weight excluding hydrogens is 280 g/mol. The Labute approximate surface area is 133 Å². The van der Waals surface area contributed by atoms with Crippen LogP contribution in [0.5, 0.6) is 0 Å². The molecule has 1 heterocycles. The Morgan fingerprint density at radius 1 is 1.24 bits per heavy atom. The lowest BCUT2D eigenvalue weighted by Crippen LogP contribution is -2.32. The van der Waals surface area contributed by atoms with Gasteiger partial charge in [-0.2, -0.15) is 0 Å². The number of aromatic nitrogens is 1. The molecule has 4 nitrogen and oxygen atoms in total. The van der Waals surface area contributed by atoms with Crippen LogP contribution in [0.15, 0.2) is 10.4 Å². The molecule has 5 heteroatoms. The lowest BCUT2D eigenvalue weighted by atomic mass is 10.1. The Hall–Kier alpha value is -1.10. The molecule has 1 aromatic rings. The van der Waals surface area contributed by atoms with E-state index >= 15 is 0 Å². The molecule has 0 bridgehead atoms. The highest BCUT2D eigenvalue weighted by Gasteiger charge is 1.98. The molecule has 21 heavy (non-hydrogen) atoms. The minimum atomic E-state index is 0.582. The summed E-state index contributed by atoms with van der Waals surface area (Å²) in [6, 6.07) is 0. The Morgan fingerprint density at radius 2 is 2.00 bits per heavy atom. The van der Waals surface area contributed by atoms with Gasteiger partial charge in [0.25, 0.3) is 0 Å². The first-order chi connectivity index (χ1) is 10.2. The molecule has 120 valence electrons. The molecule has 1 aromatic heterocycles. The van der Waals surface area contributed by atoms with Crippen molar-refractivity contribution < 1.29 is 0 Å². The average Bonchev–Trinajstić information content (AvgIpc) is 2.88. The zero-order chi connectivity index (χ0) is 15.3. The van der Waals surface area contributed by atoms with E-state index in [4.69, 9.17) is 5.73 Å². The van der Waals surface area contributed by atoms with E-state index in [2.05, 4.69) is 27.6 Å². The Bertz CT molecular complexity index is 401. The molecule has 0 atom stereocenters. The second-order valence-corrected chi connectivity index (χ2v) is 6.39. The van der Waals surface area contributed by atoms with Crippen LogP contribution in [-0.4, -0.2) is 24.0 Å². The van der Waals surface area contributed by atoms with E-state index in [1.807, 2.05) is 6.92 Å². The summed E-state index contributed by atoms with van der Waals surface area (Å²) < 4.78 is 0. The first-order valence-corrected chi connectivity index (χ1v) is 9.05. The van der Waals surface area contributed by atoms with Crippen molar-refractivity contribution in [3.05, 3.63) is 16.1 Å². The lowest BCUT2D eigenvalue weighted by Gasteiger charge is -2.05. The predicted molar refractivity (Wildman–Crippen MR) is 93.0 cm³/mol. The third-order valence-corrected chi connectivity index (χ3v) is 4.36. The van der Waals surface area contributed by atoms with Gasteiger partial charge in [-0.15, -0.1) is 11.3 Å². The molecule has 0 saturated carbocycles. The topological polar surface area (TPSA) is 63.3 Å². The van der Waals surface area contributed by atoms with Crippen LogP contribution in [0.3, 0.4) is 0 Å². The molecule has 1 rings (SSSR count). The van der Waals surface area contributed by atoms with E-state index in [9.17, 15) is 0 Å². The summed E-state index contributed by atoms with van der Waals surface area (Å²) in [4.78, 5) is 8.80. The van der Waals surface area contributed by atoms with Crippen LogP contribution in [0, 0.1) is 6.92 Å². The smallest absolute Gasteiger partial charge is 0.188 e. The molecular formula is C16H30N4S. The zero-order valence-corrected chi connectivity index (χ0v) is 14.3. The van der Waals surface area contributed by atoms with Gasteiger partial charge in [0.1, 0.15) is 0 Å². The summed E-state index contributed by atoms with van der Waals surface area (Å²) >= 11 is 1.73. The van der Waals surface area contributed by atoms with Crippen LogP contribution in [0.25, 0.3) is 0 Å². The van der Waals surface area contributed by atoms with Crippen molar-refractivity contribution in [1.82, 2.24) is 10.3 Å². The van der Waals surface area contributed by atoms with Gasteiger partial charge >= 0.3 is 0 Å². The standard InChI is InChI=1S/C16H30N4S/c1-3-4-5-6-7-8-11-18-16(17)19-12-9-10-15-20-14(2)13-21-15/h13H,3-12H2,1-2H3,(H3,17,18,19). The van der Waals surface area contributed by atoms with Gasteiger partial charge in [0, 0.05) is 30.6 Å². The molecule has 0 amide bonds. The molecule has 0 aromatic carbocycles. The van der Waals surface area contributed by atoms with Crippen LogP contribution in [-0.2, 0) is 6.42 Å². The van der Waals surface area contributed by atoms with Crippen LogP contribution in [0.2, 0.25) is 0 Å². The Kier molecular flexibility index (Phi) is 9.87. The van der Waals surface area contributed by atoms with E-state index in [0.29, 0.717) is 5.96 Å². The van der Waals surface area contributed by atoms with Crippen LogP contribution < -0.4 is 11.1 Å². The first-order valence-electron chi connectivity index (χ1n) is 8.17. The van der Waals surface area contributed by atoms with Crippen molar-refractivity contribution in [1.29, 1.82) is 0 Å². The second-order valence-electron chi connectivity index (χ2n) is 5.45. The number of aryl methyl sites for hydroxylation is 2. The molecule has 0 fully saturated rings. The van der Waals surface area contributed by atoms with Crippen LogP contribution in [0.4, 0.5) is 0 Å². The van der Waals surface area contributed by atoms with E-state index in [1.165, 1.54) is 43.5 Å². The van der Waals surface area contributed by atoms with Gasteiger partial charge in [-0.05, 0) is 19.8 Å². The minimum absolute atomic E-state index is 0.582. The van der Waals surface area contributed by atoms with Crippen molar-refractivity contribution in [2.24, 2.45) is 10.7 Å². The highest BCUT2D eigenvalue weighted by Crippen LogP contribution is 2.10. The normalized spacial score (nSPS) is 11.8. The first kappa shape index (κ1) is 18.0. The third kappa shape index (κ3) is 9.45. The number of nitrogens with zero attached hydrogens (tertiary/aromatic N) is 2. The largest absolute Gasteiger partial charge is 0.370 e. The van der Waals surface area contributed by atoms with Gasteiger partial charge in [0.2, 0.25) is 0 Å². The van der Waals surface area contributed by atoms with Gasteiger partial charge < -0.3 is 11.1 Å². The predicted octanol–water partition coefficient (Wildman–Crippen LogP) is 3.65. The zero-order valence-electron chi connectivity index (χ0n) is 13.5. The van der Waals surface area contributed by atoms with Crippen molar-refractivity contribution in [2.45, 2.75) is 65.2 Å². The number of aliphatic imine (C=N–C) groups is 1. The average molecular weight is 311 g/mol. The van der Waals surface area contributed by atoms with E-state index < -0.39 is 0 Å². The lowest BCUT2D eigenvalue weighted by molar-refractivity contribution is 0.601. The van der Waals surface area contributed by atoms with Gasteiger partial charge in [-0.1, -0.05) is 39.0 Å².